The van der Waals surface area contributed by atoms with Gasteiger partial charge in [0.05, 0.1) is 4.92 Å². The number of nitrogens with zero attached hydrogens (tertiary/aromatic N) is 1. The van der Waals surface area contributed by atoms with Gasteiger partial charge in [-0.25, -0.2) is 0 Å². The smallest absolute Gasteiger partial charge is 0.293 e. The number of hydrogen-bond donors (Lipinski definition) is 1. The highest BCUT2D eigenvalue weighted by Gasteiger charge is 2.18. The Bertz CT molecular complexity index is 432. The molecule has 0 aliphatic rings. The third-order valence-corrected chi connectivity index (χ3v) is 2.73. The lowest BCUT2D eigenvalue weighted by atomic mass is 10.1. The second-order valence-electron chi connectivity index (χ2n) is 3.00. The van der Waals surface area contributed by atoms with Crippen LogP contribution in [-0.2, 0) is 4.79 Å². The third kappa shape index (κ3) is 2.53. The molecule has 0 aromatic heterocycles. The highest BCUT2D eigenvalue weighted by atomic mass is 79.9. The van der Waals surface area contributed by atoms with Crippen molar-refractivity contribution in [1.29, 1.82) is 0 Å². The number of hydrogen-bond acceptors (Lipinski definition) is 3. The van der Waals surface area contributed by atoms with E-state index in [1.165, 1.54) is 13.0 Å². The fraction of sp³-hybridized carbons (Fsp3) is 0.222. The maximum atomic E-state index is 10.9. The lowest BCUT2D eigenvalue weighted by molar-refractivity contribution is -0.384. The van der Waals surface area contributed by atoms with E-state index in [2.05, 4.69) is 21.2 Å². The molecule has 0 saturated carbocycles. The van der Waals surface area contributed by atoms with Crippen LogP contribution in [-0.4, -0.2) is 10.8 Å². The van der Waals surface area contributed by atoms with Gasteiger partial charge in [-0.2, -0.15) is 0 Å². The molecule has 1 rings (SSSR count). The summed E-state index contributed by atoms with van der Waals surface area (Å²) in [4.78, 5) is 21.1. The van der Waals surface area contributed by atoms with Gasteiger partial charge in [0.2, 0.25) is 5.91 Å². The molecular weight excluding hydrogens is 264 g/mol. The van der Waals surface area contributed by atoms with Gasteiger partial charge in [-0.05, 0) is 18.6 Å². The number of carbonyl (C=O) groups excluding carboxylic acids is 1. The molecule has 0 heterocycles. The summed E-state index contributed by atoms with van der Waals surface area (Å²) in [6.07, 6.45) is 0. The molecule has 0 fully saturated rings. The first-order valence-electron chi connectivity index (χ1n) is 4.14. The van der Waals surface area contributed by atoms with Crippen molar-refractivity contribution in [1.82, 2.24) is 0 Å². The predicted octanol–water partition coefficient (Wildman–Crippen LogP) is 2.62. The van der Waals surface area contributed by atoms with E-state index >= 15 is 0 Å². The van der Waals surface area contributed by atoms with E-state index < -0.39 is 4.92 Å². The summed E-state index contributed by atoms with van der Waals surface area (Å²) in [5.74, 6) is -0.334. The Kier molecular flexibility index (Phi) is 3.41. The largest absolute Gasteiger partial charge is 0.320 e. The van der Waals surface area contributed by atoms with Gasteiger partial charge in [0, 0.05) is 17.5 Å². The number of halogens is 1. The molecule has 0 atom stereocenters. The van der Waals surface area contributed by atoms with Crippen LogP contribution in [0.2, 0.25) is 0 Å². The lowest BCUT2D eigenvalue weighted by Crippen LogP contribution is -2.09. The molecule has 0 unspecified atom stereocenters. The van der Waals surface area contributed by atoms with Gasteiger partial charge < -0.3 is 5.32 Å². The van der Waals surface area contributed by atoms with Crippen LogP contribution in [0.4, 0.5) is 11.4 Å². The Hall–Kier alpha value is -1.43. The maximum absolute atomic E-state index is 10.9. The molecule has 1 aromatic rings. The van der Waals surface area contributed by atoms with Crippen molar-refractivity contribution >= 4 is 33.2 Å². The van der Waals surface area contributed by atoms with Crippen molar-refractivity contribution in [2.45, 2.75) is 13.8 Å². The van der Waals surface area contributed by atoms with Crippen molar-refractivity contribution in [3.05, 3.63) is 32.3 Å². The minimum Gasteiger partial charge on any atom is -0.320 e. The first-order chi connectivity index (χ1) is 6.93. The van der Waals surface area contributed by atoms with Crippen LogP contribution in [0.5, 0.6) is 0 Å². The Morgan fingerprint density at radius 1 is 1.53 bits per heavy atom. The van der Waals surface area contributed by atoms with E-state index in [-0.39, 0.29) is 17.3 Å². The van der Waals surface area contributed by atoms with Crippen LogP contribution in [0, 0.1) is 17.0 Å². The predicted molar refractivity (Wildman–Crippen MR) is 59.8 cm³/mol. The van der Waals surface area contributed by atoms with Crippen molar-refractivity contribution in [3.8, 4) is 0 Å². The molecule has 0 aliphatic heterocycles. The fourth-order valence-electron chi connectivity index (χ4n) is 1.16. The molecule has 0 spiro atoms. The van der Waals surface area contributed by atoms with Gasteiger partial charge in [0.15, 0.2) is 0 Å². The summed E-state index contributed by atoms with van der Waals surface area (Å²) in [6, 6.07) is 2.93. The molecule has 15 heavy (non-hydrogen) atoms. The number of benzene rings is 1. The van der Waals surface area contributed by atoms with Crippen molar-refractivity contribution < 1.29 is 9.72 Å². The van der Waals surface area contributed by atoms with Gasteiger partial charge in [0.25, 0.3) is 5.69 Å². The highest BCUT2D eigenvalue weighted by molar-refractivity contribution is 9.10. The van der Waals surface area contributed by atoms with Gasteiger partial charge in [-0.15, -0.1) is 0 Å². The molecule has 0 aliphatic carbocycles. The van der Waals surface area contributed by atoms with E-state index in [9.17, 15) is 14.9 Å². The SMILES string of the molecule is CC(=O)Nc1c([N+](=O)[O-])ccc(Br)c1C. The molecule has 5 nitrogen and oxygen atoms in total. The average molecular weight is 273 g/mol. The van der Waals surface area contributed by atoms with E-state index in [0.717, 1.165) is 4.47 Å². The summed E-state index contributed by atoms with van der Waals surface area (Å²) in [7, 11) is 0. The normalized spacial score (nSPS) is 9.80. The summed E-state index contributed by atoms with van der Waals surface area (Å²) in [5.41, 5.74) is 0.771. The molecule has 0 saturated heterocycles. The van der Waals surface area contributed by atoms with Crippen LogP contribution in [0.1, 0.15) is 12.5 Å². The van der Waals surface area contributed by atoms with E-state index in [1.54, 1.807) is 13.0 Å². The van der Waals surface area contributed by atoms with Gasteiger partial charge in [0.1, 0.15) is 5.69 Å². The first kappa shape index (κ1) is 11.6. The molecule has 1 N–H and O–H groups in total. The summed E-state index contributed by atoms with van der Waals surface area (Å²) in [5, 5.41) is 13.2. The molecule has 0 bridgehead atoms. The third-order valence-electron chi connectivity index (χ3n) is 1.87. The Morgan fingerprint density at radius 3 is 2.60 bits per heavy atom. The van der Waals surface area contributed by atoms with Crippen LogP contribution in [0.15, 0.2) is 16.6 Å². The lowest BCUT2D eigenvalue weighted by Gasteiger charge is -2.08. The fourth-order valence-corrected chi connectivity index (χ4v) is 1.49. The maximum Gasteiger partial charge on any atom is 0.293 e. The molecule has 0 radical (unpaired) electrons. The van der Waals surface area contributed by atoms with Gasteiger partial charge >= 0.3 is 0 Å². The Labute approximate surface area is 94.8 Å². The molecule has 1 aromatic carbocycles. The van der Waals surface area contributed by atoms with Crippen molar-refractivity contribution in [2.75, 3.05) is 5.32 Å². The van der Waals surface area contributed by atoms with E-state index in [4.69, 9.17) is 0 Å². The summed E-state index contributed by atoms with van der Waals surface area (Å²) in [6.45, 7) is 3.01. The molecule has 1 amide bonds. The van der Waals surface area contributed by atoms with Crippen molar-refractivity contribution in [3.63, 3.8) is 0 Å². The topological polar surface area (TPSA) is 72.2 Å². The number of anilines is 1. The number of nitrogens with one attached hydrogen (secondary N) is 1. The Balaban J connectivity index is 3.34. The number of nitro benzene ring substituents is 1. The molecule has 80 valence electrons. The number of carbonyl (C=O) groups is 1. The zero-order chi connectivity index (χ0) is 11.6. The standard InChI is InChI=1S/C9H9BrN2O3/c1-5-7(10)3-4-8(12(14)15)9(5)11-6(2)13/h3-4H,1-2H3,(H,11,13). The molecular formula is C9H9BrN2O3. The van der Waals surface area contributed by atoms with Gasteiger partial charge in [-0.3, -0.25) is 14.9 Å². The average Bonchev–Trinajstić information content (AvgIpc) is 2.12. The zero-order valence-corrected chi connectivity index (χ0v) is 9.79. The van der Waals surface area contributed by atoms with Crippen LogP contribution < -0.4 is 5.32 Å². The quantitative estimate of drug-likeness (QED) is 0.665. The molecule has 6 heteroatoms. The van der Waals surface area contributed by atoms with E-state index in [0.29, 0.717) is 5.56 Å². The highest BCUT2D eigenvalue weighted by Crippen LogP contribution is 2.32. The summed E-state index contributed by atoms with van der Waals surface area (Å²) >= 11 is 3.25. The van der Waals surface area contributed by atoms with Crippen LogP contribution >= 0.6 is 15.9 Å². The first-order valence-corrected chi connectivity index (χ1v) is 4.94. The van der Waals surface area contributed by atoms with E-state index in [1.807, 2.05) is 0 Å². The second-order valence-corrected chi connectivity index (χ2v) is 3.86. The van der Waals surface area contributed by atoms with Crippen LogP contribution in [0.25, 0.3) is 0 Å². The second kappa shape index (κ2) is 4.39. The number of amides is 1. The minimum absolute atomic E-state index is 0.106. The van der Waals surface area contributed by atoms with Gasteiger partial charge in [-0.1, -0.05) is 15.9 Å². The van der Waals surface area contributed by atoms with Crippen molar-refractivity contribution in [2.24, 2.45) is 0 Å². The Morgan fingerprint density at radius 2 is 2.13 bits per heavy atom. The zero-order valence-electron chi connectivity index (χ0n) is 8.20. The minimum atomic E-state index is -0.523. The monoisotopic (exact) mass is 272 g/mol. The number of rotatable bonds is 2. The summed E-state index contributed by atoms with van der Waals surface area (Å²) < 4.78 is 0.719. The van der Waals surface area contributed by atoms with Crippen LogP contribution in [0.3, 0.4) is 0 Å². The number of nitro groups is 1.